The molecule has 0 spiro atoms. The first kappa shape index (κ1) is 85.4. The summed E-state index contributed by atoms with van der Waals surface area (Å²) in [5, 5.41) is 0. The third-order valence-corrected chi connectivity index (χ3v) is 0. The van der Waals surface area contributed by atoms with E-state index in [-0.39, 0.29) is 150 Å². The Balaban J connectivity index is 0. The molecular formula is Cl6LaSm. The predicted octanol–water partition coefficient (Wildman–Crippen LogP) is -18.0. The summed E-state index contributed by atoms with van der Waals surface area (Å²) < 4.78 is 0. The standard InChI is InChI=1S/6ClH.La.Sm/h6*1H;;/q;;;;;;2*+3/p-6. The molecule has 8 heavy (non-hydrogen) atoms. The largest absolute Gasteiger partial charge is 3.00 e. The zero-order chi connectivity index (χ0) is 0. The van der Waals surface area contributed by atoms with Crippen molar-refractivity contribution in [3.05, 3.63) is 0 Å². The number of hydrogen-bond acceptors (Lipinski definition) is 0. The van der Waals surface area contributed by atoms with Gasteiger partial charge in [-0.05, 0) is 0 Å². The van der Waals surface area contributed by atoms with Crippen LogP contribution in [0.5, 0.6) is 0 Å². The van der Waals surface area contributed by atoms with Gasteiger partial charge in [-0.3, -0.25) is 0 Å². The van der Waals surface area contributed by atoms with Crippen molar-refractivity contribution in [2.45, 2.75) is 0 Å². The van der Waals surface area contributed by atoms with Crippen molar-refractivity contribution in [1.29, 1.82) is 0 Å². The Morgan fingerprint density at radius 3 is 0.375 bits per heavy atom. The minimum absolute atomic E-state index is 0. The van der Waals surface area contributed by atoms with Gasteiger partial charge in [0, 0.05) is 0 Å². The molecule has 0 saturated carbocycles. The van der Waals surface area contributed by atoms with E-state index in [4.69, 9.17) is 0 Å². The zero-order valence-electron chi connectivity index (χ0n) is 3.25. The summed E-state index contributed by atoms with van der Waals surface area (Å²) >= 11 is 0. The Hall–Kier alpha value is 4.27. The molecule has 0 atom stereocenters. The Morgan fingerprint density at radius 2 is 0.375 bits per heavy atom. The zero-order valence-corrected chi connectivity index (χ0v) is 14.0. The van der Waals surface area contributed by atoms with Crippen molar-refractivity contribution in [3.63, 3.8) is 0 Å². The van der Waals surface area contributed by atoms with Gasteiger partial charge in [0.05, 0.1) is 0 Å². The fourth-order valence-electron chi connectivity index (χ4n) is 0. The molecule has 0 aromatic carbocycles. The SMILES string of the molecule is [Cl-].[Cl-].[Cl-].[Cl-].[Cl-].[Cl-].[La+3].[Sm+3]. The van der Waals surface area contributed by atoms with E-state index in [0.717, 1.165) is 0 Å². The average molecular weight is 502 g/mol. The van der Waals surface area contributed by atoms with Crippen LogP contribution in [0.3, 0.4) is 0 Å². The molecule has 0 saturated heterocycles. The number of halogens is 6. The van der Waals surface area contributed by atoms with Gasteiger partial charge >= 0.3 is 76.0 Å². The third kappa shape index (κ3) is 48.4. The van der Waals surface area contributed by atoms with Crippen LogP contribution in [0.4, 0.5) is 0 Å². The first-order valence-corrected chi connectivity index (χ1v) is 0. The van der Waals surface area contributed by atoms with Crippen molar-refractivity contribution < 1.29 is 150 Å². The Morgan fingerprint density at radius 1 is 0.375 bits per heavy atom. The summed E-state index contributed by atoms with van der Waals surface area (Å²) in [4.78, 5) is 0. The van der Waals surface area contributed by atoms with Gasteiger partial charge in [0.25, 0.3) is 0 Å². The van der Waals surface area contributed by atoms with Crippen LogP contribution in [0, 0.1) is 76.0 Å². The van der Waals surface area contributed by atoms with Crippen LogP contribution in [0.15, 0.2) is 0 Å². The summed E-state index contributed by atoms with van der Waals surface area (Å²) in [6.07, 6.45) is 0. The van der Waals surface area contributed by atoms with Crippen LogP contribution in [-0.2, 0) is 0 Å². The van der Waals surface area contributed by atoms with Crippen molar-refractivity contribution >= 4 is 0 Å². The molecule has 0 aromatic heterocycles. The van der Waals surface area contributed by atoms with E-state index >= 15 is 0 Å². The second kappa shape index (κ2) is 65.2. The van der Waals surface area contributed by atoms with Crippen LogP contribution >= 0.6 is 0 Å². The average Bonchev–Trinajstić information content (AvgIpc) is 0. The van der Waals surface area contributed by atoms with Crippen molar-refractivity contribution in [2.75, 3.05) is 0 Å². The van der Waals surface area contributed by atoms with Gasteiger partial charge in [-0.2, -0.15) is 0 Å². The van der Waals surface area contributed by atoms with Crippen molar-refractivity contribution in [1.82, 2.24) is 0 Å². The molecule has 1 radical (unpaired) electrons. The maximum Gasteiger partial charge on any atom is 3.00 e. The number of rotatable bonds is 0. The van der Waals surface area contributed by atoms with Gasteiger partial charge in [0.15, 0.2) is 0 Å². The normalized spacial score (nSPS) is 0. The first-order valence-electron chi connectivity index (χ1n) is 0. The maximum atomic E-state index is 0. The van der Waals surface area contributed by atoms with Crippen LogP contribution in [0.2, 0.25) is 0 Å². The summed E-state index contributed by atoms with van der Waals surface area (Å²) in [5.41, 5.74) is 0. The van der Waals surface area contributed by atoms with Gasteiger partial charge in [0.2, 0.25) is 0 Å². The molecule has 0 unspecified atom stereocenters. The van der Waals surface area contributed by atoms with E-state index in [2.05, 4.69) is 0 Å². The van der Waals surface area contributed by atoms with Gasteiger partial charge in [-0.25, -0.2) is 0 Å². The summed E-state index contributed by atoms with van der Waals surface area (Å²) in [7, 11) is 0. The second-order valence-corrected chi connectivity index (χ2v) is 0. The Labute approximate surface area is 147 Å². The molecule has 8 heteroatoms. The van der Waals surface area contributed by atoms with E-state index < -0.39 is 0 Å². The molecule has 0 nitrogen and oxygen atoms in total. The molecule has 0 aromatic rings. The molecular weight excluding hydrogens is 502 g/mol. The fourth-order valence-corrected chi connectivity index (χ4v) is 0. The molecule has 0 aliphatic carbocycles. The minimum Gasteiger partial charge on any atom is -1.00 e. The maximum absolute atomic E-state index is 0. The quantitative estimate of drug-likeness (QED) is 0.309. The molecule has 0 aliphatic rings. The fraction of sp³-hybridized carbons (Fsp3) is 0. The van der Waals surface area contributed by atoms with Crippen LogP contribution in [-0.4, -0.2) is 0 Å². The van der Waals surface area contributed by atoms with Crippen LogP contribution < -0.4 is 74.4 Å². The smallest absolute Gasteiger partial charge is 1.00 e. The molecule has 0 bridgehead atoms. The minimum atomic E-state index is 0. The summed E-state index contributed by atoms with van der Waals surface area (Å²) in [6, 6.07) is 0. The Bertz CT molecular complexity index is 8.49. The third-order valence-electron chi connectivity index (χ3n) is 0. The second-order valence-electron chi connectivity index (χ2n) is 0. The van der Waals surface area contributed by atoms with E-state index in [9.17, 15) is 0 Å². The molecule has 0 fully saturated rings. The van der Waals surface area contributed by atoms with Gasteiger partial charge in [-0.1, -0.05) is 0 Å². The van der Waals surface area contributed by atoms with Crippen LogP contribution in [0.1, 0.15) is 0 Å². The van der Waals surface area contributed by atoms with Gasteiger partial charge < -0.3 is 74.4 Å². The molecule has 0 N–H and O–H groups in total. The van der Waals surface area contributed by atoms with E-state index in [1.54, 1.807) is 0 Å². The Kier molecular flexibility index (Phi) is 696. The molecule has 0 amide bonds. The number of hydrogen-bond donors (Lipinski definition) is 0. The topological polar surface area (TPSA) is 0 Å². The summed E-state index contributed by atoms with van der Waals surface area (Å²) in [5.74, 6) is 0. The molecule has 0 heterocycles. The van der Waals surface area contributed by atoms with E-state index in [0.29, 0.717) is 0 Å². The van der Waals surface area contributed by atoms with Crippen LogP contribution in [0.25, 0.3) is 0 Å². The van der Waals surface area contributed by atoms with E-state index in [1.165, 1.54) is 0 Å². The summed E-state index contributed by atoms with van der Waals surface area (Å²) in [6.45, 7) is 0. The van der Waals surface area contributed by atoms with E-state index in [1.807, 2.05) is 0 Å². The van der Waals surface area contributed by atoms with Crippen molar-refractivity contribution in [3.8, 4) is 0 Å². The van der Waals surface area contributed by atoms with Crippen molar-refractivity contribution in [2.24, 2.45) is 0 Å². The first-order chi connectivity index (χ1) is 0. The molecule has 51 valence electrons. The predicted molar refractivity (Wildman–Crippen MR) is 0 cm³/mol. The monoisotopic (exact) mass is 501 g/mol. The molecule has 0 rings (SSSR count). The van der Waals surface area contributed by atoms with Gasteiger partial charge in [-0.15, -0.1) is 0 Å². The molecule has 0 aliphatic heterocycles. The van der Waals surface area contributed by atoms with Gasteiger partial charge in [0.1, 0.15) is 0 Å².